The van der Waals surface area contributed by atoms with Gasteiger partial charge in [0.2, 0.25) is 0 Å². The van der Waals surface area contributed by atoms with Crippen molar-refractivity contribution in [1.29, 1.82) is 5.26 Å². The fraction of sp³-hybridized carbons (Fsp3) is 0.333. The van der Waals surface area contributed by atoms with Crippen LogP contribution in [0, 0.1) is 18.3 Å². The van der Waals surface area contributed by atoms with Crippen LogP contribution < -0.4 is 0 Å². The molecule has 2 aromatic carbocycles. The highest BCUT2D eigenvalue weighted by atomic mass is 16.2. The Kier molecular flexibility index (Phi) is 6.21. The van der Waals surface area contributed by atoms with Gasteiger partial charge in [0.15, 0.2) is 0 Å². The Morgan fingerprint density at radius 2 is 1.77 bits per heavy atom. The van der Waals surface area contributed by atoms with Crippen LogP contribution in [-0.2, 0) is 11.3 Å². The Morgan fingerprint density at radius 3 is 2.46 bits per heavy atom. The summed E-state index contributed by atoms with van der Waals surface area (Å²) in [7, 11) is 0. The van der Waals surface area contributed by atoms with Crippen LogP contribution in [0.15, 0.2) is 65.8 Å². The average Bonchev–Trinajstić information content (AvgIpc) is 3.45. The molecule has 0 radical (unpaired) electrons. The molecule has 0 unspecified atom stereocenters. The standard InChI is InChI=1S/C30H30N4O/c1-3-6-28-33-30(14-4-5-15-30)29(35)34(28)20-22-7-9-23(10-8-22)26-18-24(11-12-25(26)19-31)27-17-21(2)13-16-32-27/h7-13,16-18H,3-6,14-15,20H2,1-2H3. The molecule has 0 atom stereocenters. The molecule has 2 aliphatic rings. The number of amidine groups is 1. The highest BCUT2D eigenvalue weighted by Crippen LogP contribution is 2.40. The highest BCUT2D eigenvalue weighted by molar-refractivity contribution is 6.08. The number of rotatable bonds is 6. The van der Waals surface area contributed by atoms with Gasteiger partial charge >= 0.3 is 0 Å². The molecular weight excluding hydrogens is 432 g/mol. The lowest BCUT2D eigenvalue weighted by molar-refractivity contribution is -0.131. The second kappa shape index (κ2) is 9.46. The van der Waals surface area contributed by atoms with Gasteiger partial charge in [0.1, 0.15) is 11.4 Å². The van der Waals surface area contributed by atoms with Crippen LogP contribution in [0.1, 0.15) is 62.1 Å². The molecule has 5 heteroatoms. The van der Waals surface area contributed by atoms with Gasteiger partial charge in [-0.05, 0) is 67.1 Å². The third-order valence-electron chi connectivity index (χ3n) is 7.16. The first-order valence-corrected chi connectivity index (χ1v) is 12.5. The molecule has 5 nitrogen and oxygen atoms in total. The molecule has 1 amide bonds. The van der Waals surface area contributed by atoms with Crippen LogP contribution in [0.3, 0.4) is 0 Å². The molecule has 1 saturated carbocycles. The third-order valence-corrected chi connectivity index (χ3v) is 7.16. The van der Waals surface area contributed by atoms with E-state index in [1.807, 2.05) is 60.5 Å². The maximum absolute atomic E-state index is 13.4. The van der Waals surface area contributed by atoms with Crippen LogP contribution in [0.4, 0.5) is 0 Å². The SMILES string of the molecule is CCCC1=NC2(CCCC2)C(=O)N1Cc1ccc(-c2cc(-c3cc(C)ccn3)ccc2C#N)cc1. The number of nitrogens with zero attached hydrogens (tertiary/aromatic N) is 4. The van der Waals surface area contributed by atoms with Crippen molar-refractivity contribution in [3.8, 4) is 28.5 Å². The molecule has 1 spiro atoms. The first-order chi connectivity index (χ1) is 17.0. The lowest BCUT2D eigenvalue weighted by Gasteiger charge is -2.22. The molecule has 0 N–H and O–H groups in total. The summed E-state index contributed by atoms with van der Waals surface area (Å²) in [5, 5.41) is 9.72. The highest BCUT2D eigenvalue weighted by Gasteiger charge is 2.49. The van der Waals surface area contributed by atoms with Crippen molar-refractivity contribution >= 4 is 11.7 Å². The smallest absolute Gasteiger partial charge is 0.256 e. The van der Waals surface area contributed by atoms with Crippen LogP contribution >= 0.6 is 0 Å². The number of carbonyl (C=O) groups excluding carboxylic acids is 1. The van der Waals surface area contributed by atoms with Gasteiger partial charge in [0, 0.05) is 23.7 Å². The van der Waals surface area contributed by atoms with E-state index in [0.29, 0.717) is 12.1 Å². The zero-order chi connectivity index (χ0) is 24.4. The summed E-state index contributed by atoms with van der Waals surface area (Å²) in [6.45, 7) is 4.72. The molecule has 1 fully saturated rings. The van der Waals surface area contributed by atoms with Crippen molar-refractivity contribution in [2.75, 3.05) is 0 Å². The maximum Gasteiger partial charge on any atom is 0.256 e. The van der Waals surface area contributed by atoms with Crippen molar-refractivity contribution in [3.63, 3.8) is 0 Å². The number of pyridine rings is 1. The van der Waals surface area contributed by atoms with Crippen molar-refractivity contribution in [1.82, 2.24) is 9.88 Å². The number of hydrogen-bond acceptors (Lipinski definition) is 4. The number of aromatic nitrogens is 1. The first-order valence-electron chi connectivity index (χ1n) is 12.5. The van der Waals surface area contributed by atoms with Crippen LogP contribution in [-0.4, -0.2) is 27.2 Å². The first kappa shape index (κ1) is 23.0. The van der Waals surface area contributed by atoms with Crippen LogP contribution in [0.2, 0.25) is 0 Å². The van der Waals surface area contributed by atoms with Crippen LogP contribution in [0.25, 0.3) is 22.4 Å². The predicted molar refractivity (Wildman–Crippen MR) is 139 cm³/mol. The molecule has 35 heavy (non-hydrogen) atoms. The van der Waals surface area contributed by atoms with Gasteiger partial charge < -0.3 is 0 Å². The van der Waals surface area contributed by atoms with Gasteiger partial charge in [0.25, 0.3) is 5.91 Å². The van der Waals surface area contributed by atoms with Gasteiger partial charge in [-0.2, -0.15) is 5.26 Å². The number of benzene rings is 2. The largest absolute Gasteiger partial charge is 0.294 e. The van der Waals surface area contributed by atoms with E-state index in [2.05, 4.69) is 30.1 Å². The van der Waals surface area contributed by atoms with E-state index >= 15 is 0 Å². The van der Waals surface area contributed by atoms with Gasteiger partial charge in [-0.25, -0.2) is 0 Å². The van der Waals surface area contributed by atoms with E-state index in [-0.39, 0.29) is 5.91 Å². The fourth-order valence-electron chi connectivity index (χ4n) is 5.29. The minimum atomic E-state index is -0.504. The van der Waals surface area contributed by atoms with Crippen molar-refractivity contribution in [3.05, 3.63) is 77.5 Å². The number of nitriles is 1. The number of aryl methyl sites for hydroxylation is 1. The van der Waals surface area contributed by atoms with E-state index in [0.717, 1.165) is 77.9 Å². The summed E-state index contributed by atoms with van der Waals surface area (Å²) in [6.07, 6.45) is 7.51. The lowest BCUT2D eigenvalue weighted by atomic mass is 9.95. The van der Waals surface area contributed by atoms with E-state index in [9.17, 15) is 10.1 Å². The van der Waals surface area contributed by atoms with Crippen LogP contribution in [0.5, 0.6) is 0 Å². The maximum atomic E-state index is 13.4. The summed E-state index contributed by atoms with van der Waals surface area (Å²) in [4.78, 5) is 24.7. The number of aliphatic imine (C=N–C) groups is 1. The molecule has 0 saturated heterocycles. The summed E-state index contributed by atoms with van der Waals surface area (Å²) < 4.78 is 0. The number of hydrogen-bond donors (Lipinski definition) is 0. The van der Waals surface area contributed by atoms with Gasteiger partial charge in [-0.15, -0.1) is 0 Å². The molecule has 1 aromatic heterocycles. The molecule has 3 aromatic rings. The van der Waals surface area contributed by atoms with Crippen molar-refractivity contribution in [2.24, 2.45) is 4.99 Å². The minimum absolute atomic E-state index is 0.174. The molecular formula is C30H30N4O. The third kappa shape index (κ3) is 4.37. The predicted octanol–water partition coefficient (Wildman–Crippen LogP) is 6.45. The molecule has 176 valence electrons. The molecule has 0 bridgehead atoms. The van der Waals surface area contributed by atoms with E-state index in [1.165, 1.54) is 0 Å². The molecule has 5 rings (SSSR count). The normalized spacial score (nSPS) is 16.5. The Bertz CT molecular complexity index is 1330. The minimum Gasteiger partial charge on any atom is -0.294 e. The molecule has 2 heterocycles. The average molecular weight is 463 g/mol. The summed E-state index contributed by atoms with van der Waals surface area (Å²) in [5.41, 5.74) is 6.07. The van der Waals surface area contributed by atoms with E-state index in [1.54, 1.807) is 0 Å². The van der Waals surface area contributed by atoms with Crippen molar-refractivity contribution < 1.29 is 4.79 Å². The van der Waals surface area contributed by atoms with E-state index < -0.39 is 5.54 Å². The zero-order valence-electron chi connectivity index (χ0n) is 20.4. The summed E-state index contributed by atoms with van der Waals surface area (Å²) in [5.74, 6) is 1.11. The number of amides is 1. The van der Waals surface area contributed by atoms with Gasteiger partial charge in [0.05, 0.1) is 23.9 Å². The Morgan fingerprint density at radius 1 is 1.03 bits per heavy atom. The summed E-state index contributed by atoms with van der Waals surface area (Å²) >= 11 is 0. The quantitative estimate of drug-likeness (QED) is 0.423. The lowest BCUT2D eigenvalue weighted by Crippen LogP contribution is -2.40. The van der Waals surface area contributed by atoms with Gasteiger partial charge in [-0.1, -0.05) is 50.1 Å². The van der Waals surface area contributed by atoms with Crippen molar-refractivity contribution in [2.45, 2.75) is 64.5 Å². The Balaban J connectivity index is 1.41. The Hall–Kier alpha value is -3.78. The second-order valence-electron chi connectivity index (χ2n) is 9.70. The summed E-state index contributed by atoms with van der Waals surface area (Å²) in [6, 6.07) is 20.4. The fourth-order valence-corrected chi connectivity index (χ4v) is 5.29. The number of carbonyl (C=O) groups is 1. The van der Waals surface area contributed by atoms with Gasteiger partial charge in [-0.3, -0.25) is 19.7 Å². The monoisotopic (exact) mass is 462 g/mol. The molecule has 1 aliphatic carbocycles. The van der Waals surface area contributed by atoms with E-state index in [4.69, 9.17) is 4.99 Å². The molecule has 1 aliphatic heterocycles. The Labute approximate surface area is 207 Å². The zero-order valence-corrected chi connectivity index (χ0v) is 20.4. The second-order valence-corrected chi connectivity index (χ2v) is 9.70. The topological polar surface area (TPSA) is 69.3 Å².